The average molecular weight is 377 g/mol. The lowest BCUT2D eigenvalue weighted by Crippen LogP contribution is -2.30. The van der Waals surface area contributed by atoms with Crippen molar-refractivity contribution in [1.29, 1.82) is 0 Å². The number of nitrogens with one attached hydrogen (secondary N) is 1. The second-order valence-corrected chi connectivity index (χ2v) is 6.87. The molecule has 2 aromatic rings. The molecule has 0 saturated heterocycles. The number of rotatable bonds is 8. The number of amides is 1. The molecule has 26 heavy (non-hydrogen) atoms. The molecule has 5 nitrogen and oxygen atoms in total. The first-order chi connectivity index (χ1) is 12.3. The normalized spacial score (nSPS) is 11.9. The summed E-state index contributed by atoms with van der Waals surface area (Å²) in [5.41, 5.74) is 1.18. The van der Waals surface area contributed by atoms with Crippen LogP contribution >= 0.6 is 11.6 Å². The van der Waals surface area contributed by atoms with Gasteiger partial charge in [0.25, 0.3) is 0 Å². The smallest absolute Gasteiger partial charge is 0.217 e. The number of nitrogens with zero attached hydrogens (tertiary/aromatic N) is 1. The summed E-state index contributed by atoms with van der Waals surface area (Å²) in [4.78, 5) is 15.1. The van der Waals surface area contributed by atoms with E-state index in [0.717, 1.165) is 12.8 Å². The first-order valence-corrected chi connectivity index (χ1v) is 9.07. The Hall–Kier alpha value is -2.27. The van der Waals surface area contributed by atoms with Crippen molar-refractivity contribution in [1.82, 2.24) is 10.3 Å². The van der Waals surface area contributed by atoms with Gasteiger partial charge >= 0.3 is 0 Å². The minimum absolute atomic E-state index is 0.00425. The molecule has 1 aromatic carbocycles. The maximum absolute atomic E-state index is 11.0. The molecule has 140 valence electrons. The zero-order valence-corrected chi connectivity index (χ0v) is 16.3. The van der Waals surface area contributed by atoms with Crippen molar-refractivity contribution in [2.45, 2.75) is 52.7 Å². The first kappa shape index (κ1) is 20.0. The monoisotopic (exact) mass is 376 g/mol. The zero-order valence-electron chi connectivity index (χ0n) is 15.6. The Morgan fingerprint density at radius 1 is 1.19 bits per heavy atom. The van der Waals surface area contributed by atoms with Crippen LogP contribution in [0.4, 0.5) is 0 Å². The van der Waals surface area contributed by atoms with E-state index in [9.17, 15) is 4.79 Å². The number of pyridine rings is 1. The summed E-state index contributed by atoms with van der Waals surface area (Å²) in [5.74, 6) is 1.74. The molecule has 0 spiro atoms. The van der Waals surface area contributed by atoms with Crippen molar-refractivity contribution < 1.29 is 14.3 Å². The lowest BCUT2D eigenvalue weighted by Gasteiger charge is -2.13. The van der Waals surface area contributed by atoms with Crippen LogP contribution in [0.25, 0.3) is 0 Å². The standard InChI is InChI=1S/C20H25ClN2O3/c1-13(2)25-18-11-19(20(21)22-12-18)26-17-9-7-16(8-10-17)6-5-14(3)23-15(4)24/h7-14H,5-6H2,1-4H3,(H,23,24). The van der Waals surface area contributed by atoms with E-state index in [1.165, 1.54) is 12.5 Å². The largest absolute Gasteiger partial charge is 0.489 e. The number of ether oxygens (including phenoxy) is 2. The van der Waals surface area contributed by atoms with Gasteiger partial charge in [-0.1, -0.05) is 23.7 Å². The molecule has 2 rings (SSSR count). The predicted molar refractivity (Wildman–Crippen MR) is 103 cm³/mol. The number of halogens is 1. The van der Waals surface area contributed by atoms with Crippen LogP contribution in [-0.4, -0.2) is 23.0 Å². The third-order valence-corrected chi connectivity index (χ3v) is 3.90. The zero-order chi connectivity index (χ0) is 19.1. The molecule has 0 bridgehead atoms. The van der Waals surface area contributed by atoms with E-state index in [1.807, 2.05) is 45.0 Å². The van der Waals surface area contributed by atoms with Gasteiger partial charge in [-0.2, -0.15) is 0 Å². The minimum atomic E-state index is -0.00425. The Balaban J connectivity index is 1.97. The Morgan fingerprint density at radius 3 is 2.50 bits per heavy atom. The number of aryl methyl sites for hydroxylation is 1. The van der Waals surface area contributed by atoms with Gasteiger partial charge in [-0.05, 0) is 51.3 Å². The molecule has 0 saturated carbocycles. The minimum Gasteiger partial charge on any atom is -0.489 e. The third-order valence-electron chi connectivity index (χ3n) is 3.62. The summed E-state index contributed by atoms with van der Waals surface area (Å²) in [6, 6.07) is 9.68. The number of benzene rings is 1. The molecule has 0 fully saturated rings. The summed E-state index contributed by atoms with van der Waals surface area (Å²) in [5, 5.41) is 3.17. The van der Waals surface area contributed by atoms with Crippen molar-refractivity contribution in [3.8, 4) is 17.2 Å². The van der Waals surface area contributed by atoms with Gasteiger partial charge in [-0.25, -0.2) is 4.98 Å². The van der Waals surface area contributed by atoms with E-state index in [4.69, 9.17) is 21.1 Å². The Labute approximate surface area is 159 Å². The molecule has 0 aliphatic heterocycles. The molecule has 1 amide bonds. The quantitative estimate of drug-likeness (QED) is 0.674. The van der Waals surface area contributed by atoms with Crippen molar-refractivity contribution >= 4 is 17.5 Å². The van der Waals surface area contributed by atoms with E-state index in [2.05, 4.69) is 10.3 Å². The summed E-state index contributed by atoms with van der Waals surface area (Å²) in [6.07, 6.45) is 3.38. The molecule has 1 unspecified atom stereocenters. The first-order valence-electron chi connectivity index (χ1n) is 8.69. The second-order valence-electron chi connectivity index (χ2n) is 6.51. The van der Waals surface area contributed by atoms with Crippen molar-refractivity contribution in [3.05, 3.63) is 47.2 Å². The fourth-order valence-electron chi connectivity index (χ4n) is 2.47. The highest BCUT2D eigenvalue weighted by molar-refractivity contribution is 6.30. The van der Waals surface area contributed by atoms with Crippen molar-refractivity contribution in [2.24, 2.45) is 0 Å². The highest BCUT2D eigenvalue weighted by Crippen LogP contribution is 2.31. The molecule has 6 heteroatoms. The van der Waals surface area contributed by atoms with Gasteiger partial charge < -0.3 is 14.8 Å². The van der Waals surface area contributed by atoms with E-state index < -0.39 is 0 Å². The van der Waals surface area contributed by atoms with Gasteiger partial charge in [-0.15, -0.1) is 0 Å². The topological polar surface area (TPSA) is 60.5 Å². The maximum Gasteiger partial charge on any atom is 0.217 e. The van der Waals surface area contributed by atoms with Gasteiger partial charge in [0.2, 0.25) is 5.91 Å². The fourth-order valence-corrected chi connectivity index (χ4v) is 2.61. The SMILES string of the molecule is CC(=O)NC(C)CCc1ccc(Oc2cc(OC(C)C)cnc2Cl)cc1. The van der Waals surface area contributed by atoms with Crippen LogP contribution in [0.15, 0.2) is 36.5 Å². The Morgan fingerprint density at radius 2 is 1.88 bits per heavy atom. The van der Waals surface area contributed by atoms with E-state index in [-0.39, 0.29) is 23.2 Å². The number of carbonyl (C=O) groups excluding carboxylic acids is 1. The van der Waals surface area contributed by atoms with Crippen molar-refractivity contribution in [2.75, 3.05) is 0 Å². The van der Waals surface area contributed by atoms with Gasteiger partial charge in [0.15, 0.2) is 10.9 Å². The van der Waals surface area contributed by atoms with Gasteiger partial charge in [-0.3, -0.25) is 4.79 Å². The maximum atomic E-state index is 11.0. The fraction of sp³-hybridized carbons (Fsp3) is 0.400. The number of aromatic nitrogens is 1. The molecule has 1 N–H and O–H groups in total. The van der Waals surface area contributed by atoms with Crippen LogP contribution < -0.4 is 14.8 Å². The second kappa shape index (κ2) is 9.43. The van der Waals surface area contributed by atoms with Crippen LogP contribution in [0.5, 0.6) is 17.2 Å². The number of hydrogen-bond donors (Lipinski definition) is 1. The van der Waals surface area contributed by atoms with Crippen LogP contribution in [0.2, 0.25) is 5.15 Å². The highest BCUT2D eigenvalue weighted by Gasteiger charge is 2.09. The summed E-state index contributed by atoms with van der Waals surface area (Å²) < 4.78 is 11.5. The highest BCUT2D eigenvalue weighted by atomic mass is 35.5. The lowest BCUT2D eigenvalue weighted by atomic mass is 10.1. The third kappa shape index (κ3) is 6.56. The predicted octanol–water partition coefficient (Wildman–Crippen LogP) is 4.77. The summed E-state index contributed by atoms with van der Waals surface area (Å²) in [6.45, 7) is 7.42. The van der Waals surface area contributed by atoms with Gasteiger partial charge in [0.1, 0.15) is 11.5 Å². The molecule has 1 aromatic heterocycles. The Bertz CT molecular complexity index is 732. The summed E-state index contributed by atoms with van der Waals surface area (Å²) in [7, 11) is 0. The molecule has 0 aliphatic carbocycles. The molecule has 1 atom stereocenters. The van der Waals surface area contributed by atoms with Gasteiger partial charge in [0.05, 0.1) is 12.3 Å². The molecule has 0 radical (unpaired) electrons. The van der Waals surface area contributed by atoms with Crippen molar-refractivity contribution in [3.63, 3.8) is 0 Å². The Kier molecular flexibility index (Phi) is 7.27. The van der Waals surface area contributed by atoms with Crippen LogP contribution in [0.3, 0.4) is 0 Å². The molecule has 1 heterocycles. The van der Waals surface area contributed by atoms with E-state index >= 15 is 0 Å². The number of hydrogen-bond acceptors (Lipinski definition) is 4. The number of carbonyl (C=O) groups is 1. The average Bonchev–Trinajstić information content (AvgIpc) is 2.56. The van der Waals surface area contributed by atoms with E-state index in [1.54, 1.807) is 12.3 Å². The van der Waals surface area contributed by atoms with Gasteiger partial charge in [0, 0.05) is 19.0 Å². The molecule has 0 aliphatic rings. The van der Waals surface area contributed by atoms with Crippen LogP contribution in [0.1, 0.15) is 39.7 Å². The lowest BCUT2D eigenvalue weighted by molar-refractivity contribution is -0.119. The molecular formula is C20H25ClN2O3. The summed E-state index contributed by atoms with van der Waals surface area (Å²) >= 11 is 6.11. The van der Waals surface area contributed by atoms with Crippen LogP contribution in [-0.2, 0) is 11.2 Å². The van der Waals surface area contributed by atoms with E-state index in [0.29, 0.717) is 17.2 Å². The van der Waals surface area contributed by atoms with Crippen LogP contribution in [0, 0.1) is 0 Å². The molecular weight excluding hydrogens is 352 g/mol.